The molecule has 2 aromatic carbocycles. The second kappa shape index (κ2) is 11.0. The Balaban J connectivity index is 1.76. The third kappa shape index (κ3) is 5.95. The summed E-state index contributed by atoms with van der Waals surface area (Å²) in [6.45, 7) is 1.71. The number of sulfonamides is 1. The number of likely N-dealkylation sites (N-methyl/N-ethyl adjacent to an activating group) is 1. The summed E-state index contributed by atoms with van der Waals surface area (Å²) in [6, 6.07) is 9.86. The van der Waals surface area contributed by atoms with Crippen molar-refractivity contribution in [2.75, 3.05) is 7.05 Å². The molecule has 0 saturated heterocycles. The quantitative estimate of drug-likeness (QED) is 0.319. The number of carbonyl (C=O) groups excluding carboxylic acids is 1. The van der Waals surface area contributed by atoms with Crippen LogP contribution in [0.1, 0.15) is 12.7 Å². The summed E-state index contributed by atoms with van der Waals surface area (Å²) in [4.78, 5) is 16.6. The van der Waals surface area contributed by atoms with E-state index in [1.165, 1.54) is 67.3 Å². The molecule has 3 rings (SSSR count). The lowest BCUT2D eigenvalue weighted by atomic mass is 10.2. The minimum Gasteiger partial charge on any atom is -0.457 e. The van der Waals surface area contributed by atoms with Gasteiger partial charge in [0, 0.05) is 31.7 Å². The zero-order valence-electron chi connectivity index (χ0n) is 18.8. The normalized spacial score (nSPS) is 13.5. The van der Waals surface area contributed by atoms with E-state index in [0.717, 1.165) is 10.1 Å². The van der Waals surface area contributed by atoms with Gasteiger partial charge in [-0.15, -0.1) is 11.8 Å². The number of ether oxygens (including phenoxy) is 1. The number of aromatic nitrogens is 2. The molecule has 0 aliphatic heterocycles. The van der Waals surface area contributed by atoms with E-state index < -0.39 is 33.0 Å². The fourth-order valence-electron chi connectivity index (χ4n) is 3.21. The first kappa shape index (κ1) is 25.7. The fraction of sp³-hybridized carbons (Fsp3) is 0.273. The number of imidazole rings is 1. The van der Waals surface area contributed by atoms with Gasteiger partial charge in [0.15, 0.2) is 0 Å². The molecule has 0 bridgehead atoms. The third-order valence-corrected chi connectivity index (χ3v) is 8.22. The van der Waals surface area contributed by atoms with E-state index in [0.29, 0.717) is 17.3 Å². The molecule has 0 radical (unpaired) electrons. The Bertz CT molecular complexity index is 1220. The Labute approximate surface area is 201 Å². The lowest BCUT2D eigenvalue weighted by Gasteiger charge is -2.30. The van der Waals surface area contributed by atoms with Gasteiger partial charge in [-0.25, -0.2) is 23.3 Å². The zero-order chi connectivity index (χ0) is 24.9. The van der Waals surface area contributed by atoms with Gasteiger partial charge in [-0.1, -0.05) is 6.92 Å². The second-order valence-electron chi connectivity index (χ2n) is 7.44. The van der Waals surface area contributed by atoms with Gasteiger partial charge in [0.05, 0.1) is 10.6 Å². The average molecular weight is 509 g/mol. The molecule has 182 valence electrons. The standard InChI is InChI=1S/C22H25FN4O5S2/c1-15(33-14-20-24-12-13-26(20)2)21(22(28)25-29)27(3)34(30,31)19-10-8-18(9-11-19)32-17-6-4-16(23)5-7-17/h4-13,15,21,29H,14H2,1-3H3,(H,25,28). The summed E-state index contributed by atoms with van der Waals surface area (Å²) in [6.07, 6.45) is 3.44. The van der Waals surface area contributed by atoms with E-state index in [9.17, 15) is 22.8 Å². The van der Waals surface area contributed by atoms with Gasteiger partial charge >= 0.3 is 0 Å². The lowest BCUT2D eigenvalue weighted by molar-refractivity contribution is -0.132. The predicted molar refractivity (Wildman–Crippen MR) is 126 cm³/mol. The molecule has 34 heavy (non-hydrogen) atoms. The van der Waals surface area contributed by atoms with E-state index in [1.54, 1.807) is 24.8 Å². The minimum absolute atomic E-state index is 0.0569. The smallest absolute Gasteiger partial charge is 0.262 e. The van der Waals surface area contributed by atoms with E-state index >= 15 is 0 Å². The summed E-state index contributed by atoms with van der Waals surface area (Å²) in [7, 11) is -0.965. The Morgan fingerprint density at radius 2 is 1.79 bits per heavy atom. The molecule has 0 aliphatic rings. The predicted octanol–water partition coefficient (Wildman–Crippen LogP) is 3.17. The molecule has 1 aromatic heterocycles. The molecule has 1 amide bonds. The first-order valence-corrected chi connectivity index (χ1v) is 12.7. The highest BCUT2D eigenvalue weighted by Gasteiger charge is 2.37. The van der Waals surface area contributed by atoms with Gasteiger partial charge < -0.3 is 9.30 Å². The van der Waals surface area contributed by atoms with Crippen LogP contribution >= 0.6 is 11.8 Å². The number of hydroxylamine groups is 1. The maximum Gasteiger partial charge on any atom is 0.262 e. The highest BCUT2D eigenvalue weighted by atomic mass is 32.2. The van der Waals surface area contributed by atoms with Crippen molar-refractivity contribution in [2.24, 2.45) is 7.05 Å². The molecule has 9 nitrogen and oxygen atoms in total. The van der Waals surface area contributed by atoms with E-state index in [4.69, 9.17) is 4.74 Å². The Morgan fingerprint density at radius 1 is 1.21 bits per heavy atom. The van der Waals surface area contributed by atoms with Crippen molar-refractivity contribution in [3.05, 3.63) is 72.6 Å². The summed E-state index contributed by atoms with van der Waals surface area (Å²) < 4.78 is 47.9. The fourth-order valence-corrected chi connectivity index (χ4v) is 5.85. The van der Waals surface area contributed by atoms with E-state index in [2.05, 4.69) is 4.98 Å². The monoisotopic (exact) mass is 508 g/mol. The van der Waals surface area contributed by atoms with E-state index in [1.807, 2.05) is 11.6 Å². The highest BCUT2D eigenvalue weighted by Crippen LogP contribution is 2.28. The summed E-state index contributed by atoms with van der Waals surface area (Å²) >= 11 is 1.34. The minimum atomic E-state index is -4.09. The number of aryl methyl sites for hydroxylation is 1. The van der Waals surface area contributed by atoms with Crippen molar-refractivity contribution < 1.29 is 27.5 Å². The van der Waals surface area contributed by atoms with E-state index in [-0.39, 0.29) is 4.90 Å². The van der Waals surface area contributed by atoms with Gasteiger partial charge in [-0.2, -0.15) is 4.31 Å². The topological polar surface area (TPSA) is 114 Å². The van der Waals surface area contributed by atoms with Crippen LogP contribution in [0.25, 0.3) is 0 Å². The highest BCUT2D eigenvalue weighted by molar-refractivity contribution is 7.99. The molecular formula is C22H25FN4O5S2. The maximum atomic E-state index is 13.2. The Hall–Kier alpha value is -2.93. The molecule has 0 fully saturated rings. The number of carbonyl (C=O) groups is 1. The van der Waals surface area contributed by atoms with Crippen LogP contribution in [0, 0.1) is 5.82 Å². The van der Waals surface area contributed by atoms with Crippen LogP contribution in [0.15, 0.2) is 65.8 Å². The van der Waals surface area contributed by atoms with Crippen LogP contribution < -0.4 is 10.2 Å². The number of rotatable bonds is 10. The SMILES string of the molecule is CC(SCc1nccn1C)C(C(=O)NO)N(C)S(=O)(=O)c1ccc(Oc2ccc(F)cc2)cc1. The molecule has 0 aliphatic carbocycles. The first-order chi connectivity index (χ1) is 16.1. The molecular weight excluding hydrogens is 483 g/mol. The van der Waals surface area contributed by atoms with Gasteiger partial charge in [0.2, 0.25) is 10.0 Å². The number of halogens is 1. The van der Waals surface area contributed by atoms with Gasteiger partial charge in [-0.3, -0.25) is 10.0 Å². The van der Waals surface area contributed by atoms with Crippen LogP contribution in [0.4, 0.5) is 4.39 Å². The molecule has 2 unspecified atom stereocenters. The van der Waals surface area contributed by atoms with Crippen LogP contribution in [-0.2, 0) is 27.6 Å². The number of thioether (sulfide) groups is 1. The average Bonchev–Trinajstić information content (AvgIpc) is 3.24. The van der Waals surface area contributed by atoms with Gasteiger partial charge in [0.25, 0.3) is 5.91 Å². The summed E-state index contributed by atoms with van der Waals surface area (Å²) in [5, 5.41) is 8.73. The molecule has 1 heterocycles. The number of amides is 1. The van der Waals surface area contributed by atoms with Crippen LogP contribution in [0.5, 0.6) is 11.5 Å². The van der Waals surface area contributed by atoms with Gasteiger partial charge in [-0.05, 0) is 48.5 Å². The van der Waals surface area contributed by atoms with Crippen LogP contribution in [-0.4, -0.2) is 51.7 Å². The first-order valence-electron chi connectivity index (χ1n) is 10.2. The molecule has 0 spiro atoms. The van der Waals surface area contributed by atoms with Crippen LogP contribution in [0.2, 0.25) is 0 Å². The molecule has 0 saturated carbocycles. The number of benzene rings is 2. The van der Waals surface area contributed by atoms with Crippen molar-refractivity contribution in [1.82, 2.24) is 19.3 Å². The maximum absolute atomic E-state index is 13.2. The molecule has 12 heteroatoms. The van der Waals surface area contributed by atoms with Crippen molar-refractivity contribution in [3.63, 3.8) is 0 Å². The molecule has 2 N–H and O–H groups in total. The van der Waals surface area contributed by atoms with Crippen LogP contribution in [0.3, 0.4) is 0 Å². The van der Waals surface area contributed by atoms with Crippen molar-refractivity contribution in [1.29, 1.82) is 0 Å². The summed E-state index contributed by atoms with van der Waals surface area (Å²) in [5.74, 6) is 0.725. The summed E-state index contributed by atoms with van der Waals surface area (Å²) in [5.41, 5.74) is 1.57. The third-order valence-electron chi connectivity index (χ3n) is 5.16. The number of hydrogen-bond donors (Lipinski definition) is 2. The number of hydrogen-bond acceptors (Lipinski definition) is 7. The largest absolute Gasteiger partial charge is 0.457 e. The lowest BCUT2D eigenvalue weighted by Crippen LogP contribution is -2.51. The van der Waals surface area contributed by atoms with Crippen molar-refractivity contribution >= 4 is 27.7 Å². The van der Waals surface area contributed by atoms with Crippen molar-refractivity contribution in [2.45, 2.75) is 28.9 Å². The second-order valence-corrected chi connectivity index (χ2v) is 10.8. The Kier molecular flexibility index (Phi) is 8.31. The Morgan fingerprint density at radius 3 is 2.32 bits per heavy atom. The molecule has 2 atom stereocenters. The zero-order valence-corrected chi connectivity index (χ0v) is 20.4. The number of nitrogens with one attached hydrogen (secondary N) is 1. The van der Waals surface area contributed by atoms with Crippen molar-refractivity contribution in [3.8, 4) is 11.5 Å². The van der Waals surface area contributed by atoms with Gasteiger partial charge in [0.1, 0.15) is 29.2 Å². The number of nitrogens with zero attached hydrogens (tertiary/aromatic N) is 3. The molecule has 3 aromatic rings.